The van der Waals surface area contributed by atoms with E-state index in [1.54, 1.807) is 0 Å². The third-order valence-corrected chi connectivity index (χ3v) is 4.72. The van der Waals surface area contributed by atoms with E-state index in [9.17, 15) is 0 Å². The molecule has 0 aromatic heterocycles. The van der Waals surface area contributed by atoms with Gasteiger partial charge in [0.1, 0.15) is 0 Å². The van der Waals surface area contributed by atoms with Crippen LogP contribution in [-0.4, -0.2) is 30.6 Å². The number of rotatable bonds is 3. The molecule has 0 bridgehead atoms. The van der Waals surface area contributed by atoms with Crippen molar-refractivity contribution < 1.29 is 0 Å². The van der Waals surface area contributed by atoms with Gasteiger partial charge in [-0.05, 0) is 51.0 Å². The van der Waals surface area contributed by atoms with Gasteiger partial charge in [-0.2, -0.15) is 0 Å². The summed E-state index contributed by atoms with van der Waals surface area (Å²) in [6.45, 7) is 3.66. The summed E-state index contributed by atoms with van der Waals surface area (Å²) < 4.78 is 0. The van der Waals surface area contributed by atoms with Gasteiger partial charge in [0.15, 0.2) is 0 Å². The smallest absolute Gasteiger partial charge is 0.0246 e. The lowest BCUT2D eigenvalue weighted by molar-refractivity contribution is 0.126. The predicted molar refractivity (Wildman–Crippen MR) is 69.4 cm³/mol. The molecule has 16 heavy (non-hydrogen) atoms. The predicted octanol–water partition coefficient (Wildman–Crippen LogP) is 2.62. The van der Waals surface area contributed by atoms with Crippen LogP contribution >= 0.6 is 0 Å². The molecule has 0 amide bonds. The van der Waals surface area contributed by atoms with E-state index in [0.717, 1.165) is 11.8 Å². The van der Waals surface area contributed by atoms with Crippen molar-refractivity contribution in [2.45, 2.75) is 64.0 Å². The van der Waals surface area contributed by atoms with Crippen LogP contribution in [0.15, 0.2) is 0 Å². The highest BCUT2D eigenvalue weighted by molar-refractivity contribution is 4.88. The number of hydrogen-bond donors (Lipinski definition) is 1. The third-order valence-electron chi connectivity index (χ3n) is 4.72. The van der Waals surface area contributed by atoms with E-state index in [0.29, 0.717) is 12.1 Å². The second-order valence-corrected chi connectivity index (χ2v) is 6.24. The zero-order chi connectivity index (χ0) is 11.5. The van der Waals surface area contributed by atoms with Crippen molar-refractivity contribution in [1.82, 2.24) is 4.90 Å². The summed E-state index contributed by atoms with van der Waals surface area (Å²) in [5.41, 5.74) is 6.27. The summed E-state index contributed by atoms with van der Waals surface area (Å²) in [5.74, 6) is 1.82. The van der Waals surface area contributed by atoms with Crippen molar-refractivity contribution in [3.63, 3.8) is 0 Å². The molecule has 0 spiro atoms. The van der Waals surface area contributed by atoms with Crippen molar-refractivity contribution in [2.24, 2.45) is 17.6 Å². The zero-order valence-electron chi connectivity index (χ0n) is 11.0. The van der Waals surface area contributed by atoms with Gasteiger partial charge in [-0.25, -0.2) is 0 Å². The maximum absolute atomic E-state index is 6.27. The van der Waals surface area contributed by atoms with Crippen LogP contribution in [0.4, 0.5) is 0 Å². The molecule has 3 unspecified atom stereocenters. The summed E-state index contributed by atoms with van der Waals surface area (Å²) in [6.07, 6.45) is 9.65. The Morgan fingerprint density at radius 1 is 1.12 bits per heavy atom. The Morgan fingerprint density at radius 2 is 1.81 bits per heavy atom. The van der Waals surface area contributed by atoms with Crippen LogP contribution in [0.3, 0.4) is 0 Å². The van der Waals surface area contributed by atoms with E-state index in [1.807, 2.05) is 0 Å². The fourth-order valence-corrected chi connectivity index (χ4v) is 3.62. The quantitative estimate of drug-likeness (QED) is 0.798. The summed E-state index contributed by atoms with van der Waals surface area (Å²) >= 11 is 0. The summed E-state index contributed by atoms with van der Waals surface area (Å²) in [5, 5.41) is 0. The highest BCUT2D eigenvalue weighted by Crippen LogP contribution is 2.29. The number of likely N-dealkylation sites (N-methyl/N-ethyl adjacent to an activating group) is 1. The Morgan fingerprint density at radius 3 is 2.50 bits per heavy atom. The van der Waals surface area contributed by atoms with E-state index in [-0.39, 0.29) is 0 Å². The molecule has 2 heteroatoms. The van der Waals surface area contributed by atoms with Crippen LogP contribution in [0, 0.1) is 11.8 Å². The Bertz CT molecular complexity index is 211. The van der Waals surface area contributed by atoms with Crippen molar-refractivity contribution in [3.05, 3.63) is 0 Å². The van der Waals surface area contributed by atoms with Crippen molar-refractivity contribution in [2.75, 3.05) is 13.6 Å². The molecule has 2 nitrogen and oxygen atoms in total. The van der Waals surface area contributed by atoms with Crippen LogP contribution in [0.5, 0.6) is 0 Å². The van der Waals surface area contributed by atoms with Crippen LogP contribution in [0.25, 0.3) is 0 Å². The van der Waals surface area contributed by atoms with Gasteiger partial charge >= 0.3 is 0 Å². The average Bonchev–Trinajstić information content (AvgIpc) is 2.74. The fourth-order valence-electron chi connectivity index (χ4n) is 3.62. The molecule has 0 aromatic rings. The SMILES string of the molecule is CC1CCC(N)C(N(C)CC2CCCC2)C1. The van der Waals surface area contributed by atoms with E-state index in [2.05, 4.69) is 18.9 Å². The van der Waals surface area contributed by atoms with Gasteiger partial charge in [0.25, 0.3) is 0 Å². The van der Waals surface area contributed by atoms with Gasteiger partial charge < -0.3 is 10.6 Å². The van der Waals surface area contributed by atoms with Gasteiger partial charge in [0.05, 0.1) is 0 Å². The molecule has 0 aromatic carbocycles. The first kappa shape index (κ1) is 12.4. The lowest BCUT2D eigenvalue weighted by atomic mass is 9.83. The van der Waals surface area contributed by atoms with Crippen LogP contribution < -0.4 is 5.73 Å². The largest absolute Gasteiger partial charge is 0.326 e. The maximum atomic E-state index is 6.27. The first-order chi connectivity index (χ1) is 7.66. The highest BCUT2D eigenvalue weighted by Gasteiger charge is 2.30. The van der Waals surface area contributed by atoms with E-state index in [1.165, 1.54) is 51.5 Å². The van der Waals surface area contributed by atoms with E-state index < -0.39 is 0 Å². The molecule has 2 rings (SSSR count). The van der Waals surface area contributed by atoms with Gasteiger partial charge in [0, 0.05) is 18.6 Å². The topological polar surface area (TPSA) is 29.3 Å². The lowest BCUT2D eigenvalue weighted by Crippen LogP contribution is -2.50. The van der Waals surface area contributed by atoms with Crippen molar-refractivity contribution in [3.8, 4) is 0 Å². The normalized spacial score (nSPS) is 37.1. The monoisotopic (exact) mass is 224 g/mol. The molecule has 0 radical (unpaired) electrons. The van der Waals surface area contributed by atoms with Crippen molar-refractivity contribution >= 4 is 0 Å². The molecule has 2 aliphatic carbocycles. The van der Waals surface area contributed by atoms with Gasteiger partial charge in [-0.3, -0.25) is 0 Å². The van der Waals surface area contributed by atoms with Crippen LogP contribution in [0.2, 0.25) is 0 Å². The Labute approximate surface area is 101 Å². The van der Waals surface area contributed by atoms with Gasteiger partial charge in [0.2, 0.25) is 0 Å². The van der Waals surface area contributed by atoms with E-state index in [4.69, 9.17) is 5.73 Å². The first-order valence-corrected chi connectivity index (χ1v) is 7.12. The molecule has 0 heterocycles. The standard InChI is InChI=1S/C14H28N2/c1-11-7-8-13(15)14(9-11)16(2)10-12-5-3-4-6-12/h11-14H,3-10,15H2,1-2H3. The third kappa shape index (κ3) is 2.98. The van der Waals surface area contributed by atoms with Crippen LogP contribution in [0.1, 0.15) is 51.9 Å². The van der Waals surface area contributed by atoms with Gasteiger partial charge in [-0.15, -0.1) is 0 Å². The molecule has 3 atom stereocenters. The van der Waals surface area contributed by atoms with E-state index >= 15 is 0 Å². The highest BCUT2D eigenvalue weighted by atomic mass is 15.1. The number of nitrogens with two attached hydrogens (primary N) is 1. The molecule has 2 saturated carbocycles. The molecule has 2 fully saturated rings. The lowest BCUT2D eigenvalue weighted by Gasteiger charge is -2.39. The molecule has 0 aliphatic heterocycles. The average molecular weight is 224 g/mol. The van der Waals surface area contributed by atoms with Crippen LogP contribution in [-0.2, 0) is 0 Å². The molecular weight excluding hydrogens is 196 g/mol. The minimum absolute atomic E-state index is 0.419. The number of nitrogens with zero attached hydrogens (tertiary/aromatic N) is 1. The Balaban J connectivity index is 1.84. The summed E-state index contributed by atoms with van der Waals surface area (Å²) in [6, 6.07) is 1.06. The Kier molecular flexibility index (Phi) is 4.26. The van der Waals surface area contributed by atoms with Crippen molar-refractivity contribution in [1.29, 1.82) is 0 Å². The zero-order valence-corrected chi connectivity index (χ0v) is 11.0. The minimum Gasteiger partial charge on any atom is -0.326 e. The second kappa shape index (κ2) is 5.50. The molecule has 2 aliphatic rings. The number of hydrogen-bond acceptors (Lipinski definition) is 2. The molecule has 94 valence electrons. The first-order valence-electron chi connectivity index (χ1n) is 7.12. The fraction of sp³-hybridized carbons (Fsp3) is 1.00. The summed E-state index contributed by atoms with van der Waals surface area (Å²) in [7, 11) is 2.29. The Hall–Kier alpha value is -0.0800. The minimum atomic E-state index is 0.419. The van der Waals surface area contributed by atoms with Gasteiger partial charge in [-0.1, -0.05) is 19.8 Å². The summed E-state index contributed by atoms with van der Waals surface area (Å²) in [4.78, 5) is 2.57. The maximum Gasteiger partial charge on any atom is 0.0246 e. The second-order valence-electron chi connectivity index (χ2n) is 6.24. The molecular formula is C14H28N2. The molecule has 0 saturated heterocycles. The molecule has 2 N–H and O–H groups in total.